The minimum atomic E-state index is -0.718. The number of carbonyl (C=O) groups is 2. The van der Waals surface area contributed by atoms with Gasteiger partial charge in [-0.3, -0.25) is 14.6 Å². The molecule has 6 heteroatoms. The highest BCUT2D eigenvalue weighted by Crippen LogP contribution is 2.59. The third kappa shape index (κ3) is 3.89. The van der Waals surface area contributed by atoms with E-state index in [1.807, 2.05) is 35.2 Å². The number of likely N-dealkylation sites (tertiary alicyclic amines) is 1. The largest absolute Gasteiger partial charge is 0.383 e. The number of piperidine rings is 1. The fourth-order valence-corrected chi connectivity index (χ4v) is 6.84. The van der Waals surface area contributed by atoms with Gasteiger partial charge in [-0.25, -0.2) is 4.79 Å². The molecular weight excluding hydrogens is 426 g/mol. The Balaban J connectivity index is 1.26. The summed E-state index contributed by atoms with van der Waals surface area (Å²) < 4.78 is 5.30. The lowest BCUT2D eigenvalue weighted by atomic mass is 9.49. The van der Waals surface area contributed by atoms with E-state index in [-0.39, 0.29) is 11.9 Å². The lowest BCUT2D eigenvalue weighted by molar-refractivity contribution is -0.135. The number of hydrogen-bond donors (Lipinski definition) is 0. The van der Waals surface area contributed by atoms with Crippen LogP contribution in [0.4, 0.5) is 4.79 Å². The van der Waals surface area contributed by atoms with E-state index in [2.05, 4.69) is 24.8 Å². The van der Waals surface area contributed by atoms with Crippen molar-refractivity contribution in [3.8, 4) is 0 Å². The van der Waals surface area contributed by atoms with Gasteiger partial charge >= 0.3 is 6.03 Å². The maximum Gasteiger partial charge on any atom is 0.327 e. The molecule has 2 bridgehead atoms. The Morgan fingerprint density at radius 2 is 1.79 bits per heavy atom. The summed E-state index contributed by atoms with van der Waals surface area (Å²) in [7, 11) is 1.65. The van der Waals surface area contributed by atoms with Crippen molar-refractivity contribution in [1.82, 2.24) is 14.7 Å². The van der Waals surface area contributed by atoms with Gasteiger partial charge in [-0.15, -0.1) is 0 Å². The van der Waals surface area contributed by atoms with Crippen LogP contribution in [0.5, 0.6) is 0 Å². The molecule has 0 aromatic heterocycles. The van der Waals surface area contributed by atoms with Crippen LogP contribution in [-0.2, 0) is 16.0 Å². The number of imide groups is 1. The van der Waals surface area contributed by atoms with E-state index in [4.69, 9.17) is 4.74 Å². The van der Waals surface area contributed by atoms with Crippen LogP contribution in [0.1, 0.15) is 45.1 Å². The molecule has 34 heavy (non-hydrogen) atoms. The quantitative estimate of drug-likeness (QED) is 0.431. The lowest BCUT2D eigenvalue weighted by Crippen LogP contribution is -2.58. The van der Waals surface area contributed by atoms with Crippen LogP contribution in [0.25, 0.3) is 0 Å². The van der Waals surface area contributed by atoms with Gasteiger partial charge in [0.25, 0.3) is 5.91 Å². The molecule has 1 spiro atoms. The summed E-state index contributed by atoms with van der Waals surface area (Å²) in [5, 5.41) is 0. The van der Waals surface area contributed by atoms with Gasteiger partial charge in [0, 0.05) is 39.8 Å². The monoisotopic (exact) mass is 465 g/mol. The topological polar surface area (TPSA) is 53.1 Å². The number of hydrogen-bond acceptors (Lipinski definition) is 4. The summed E-state index contributed by atoms with van der Waals surface area (Å²) in [4.78, 5) is 32.9. The molecule has 1 aromatic rings. The van der Waals surface area contributed by atoms with Gasteiger partial charge in [0.15, 0.2) is 0 Å². The van der Waals surface area contributed by atoms with Gasteiger partial charge in [0.05, 0.1) is 6.61 Å². The van der Waals surface area contributed by atoms with Gasteiger partial charge in [-0.1, -0.05) is 55.8 Å². The first-order valence-corrected chi connectivity index (χ1v) is 12.9. The summed E-state index contributed by atoms with van der Waals surface area (Å²) >= 11 is 0. The van der Waals surface area contributed by atoms with Crippen LogP contribution < -0.4 is 0 Å². The number of methoxy groups -OCH3 is 1. The number of benzene rings is 1. The first-order chi connectivity index (χ1) is 16.4. The standard InChI is InChI=1S/C28H39N3O3/c1-27(2)23-10-9-22(24(27)19-23)20-29-15-12-28(13-16-29)25(32)30(26(33)31(28)17-18-34-3)14-11-21-7-5-4-6-8-21/h4-9,23-24H,10-20H2,1-3H3/t23-,24-/m0/s1. The Kier molecular flexibility index (Phi) is 6.32. The highest BCUT2D eigenvalue weighted by molar-refractivity contribution is 6.07. The summed E-state index contributed by atoms with van der Waals surface area (Å²) in [5.41, 5.74) is 2.46. The van der Waals surface area contributed by atoms with E-state index < -0.39 is 5.54 Å². The van der Waals surface area contributed by atoms with Crippen LogP contribution in [0.2, 0.25) is 0 Å². The second-order valence-electron chi connectivity index (χ2n) is 11.2. The third-order valence-corrected chi connectivity index (χ3v) is 9.28. The maximum atomic E-state index is 13.7. The highest BCUT2D eigenvalue weighted by Gasteiger charge is 2.58. The second kappa shape index (κ2) is 9.12. The molecule has 3 fully saturated rings. The Bertz CT molecular complexity index is 949. The normalized spacial score (nSPS) is 27.8. The SMILES string of the molecule is COCCN1C(=O)N(CCc2ccccc2)C(=O)C12CCN(CC1=CC[C@H]3C[C@@H]1C3(C)C)CC2. The van der Waals surface area contributed by atoms with Gasteiger partial charge in [0.1, 0.15) is 5.54 Å². The average Bonchev–Trinajstić information content (AvgIpc) is 3.03. The molecule has 2 saturated heterocycles. The van der Waals surface area contributed by atoms with Gasteiger partial charge in [0.2, 0.25) is 0 Å². The third-order valence-electron chi connectivity index (χ3n) is 9.28. The van der Waals surface area contributed by atoms with Gasteiger partial charge in [-0.2, -0.15) is 0 Å². The van der Waals surface area contributed by atoms with Crippen molar-refractivity contribution in [2.75, 3.05) is 46.4 Å². The number of ether oxygens (including phenoxy) is 1. The van der Waals surface area contributed by atoms with E-state index in [9.17, 15) is 9.59 Å². The smallest absolute Gasteiger partial charge is 0.327 e. The van der Waals surface area contributed by atoms with E-state index in [1.54, 1.807) is 12.7 Å². The summed E-state index contributed by atoms with van der Waals surface area (Å²) in [6.07, 6.45) is 7.12. The Morgan fingerprint density at radius 1 is 1.06 bits per heavy atom. The van der Waals surface area contributed by atoms with Crippen LogP contribution in [0.15, 0.2) is 42.0 Å². The molecule has 3 amide bonds. The molecule has 0 unspecified atom stereocenters. The first-order valence-electron chi connectivity index (χ1n) is 12.9. The Hall–Kier alpha value is -2.18. The van der Waals surface area contributed by atoms with Crippen molar-refractivity contribution < 1.29 is 14.3 Å². The molecule has 6 rings (SSSR count). The van der Waals surface area contributed by atoms with Gasteiger partial charge < -0.3 is 9.64 Å². The van der Waals surface area contributed by atoms with Crippen molar-refractivity contribution in [3.63, 3.8) is 0 Å². The van der Waals surface area contributed by atoms with Crippen molar-refractivity contribution in [3.05, 3.63) is 47.5 Å². The van der Waals surface area contributed by atoms with E-state index in [0.717, 1.165) is 31.1 Å². The minimum absolute atomic E-state index is 0.0102. The Labute approximate surface area is 203 Å². The molecule has 2 atom stereocenters. The van der Waals surface area contributed by atoms with Crippen LogP contribution in [-0.4, -0.2) is 78.6 Å². The zero-order valence-electron chi connectivity index (χ0n) is 21.0. The van der Waals surface area contributed by atoms with Crippen LogP contribution >= 0.6 is 0 Å². The molecule has 3 aliphatic carbocycles. The molecule has 1 aromatic carbocycles. The predicted octanol–water partition coefficient (Wildman–Crippen LogP) is 3.97. The van der Waals surface area contributed by atoms with Crippen molar-refractivity contribution in [1.29, 1.82) is 0 Å². The summed E-state index contributed by atoms with van der Waals surface area (Å²) in [6.45, 7) is 8.89. The molecule has 184 valence electrons. The molecule has 6 nitrogen and oxygen atoms in total. The lowest BCUT2D eigenvalue weighted by Gasteiger charge is -2.57. The van der Waals surface area contributed by atoms with E-state index in [1.165, 1.54) is 17.7 Å². The molecule has 0 radical (unpaired) electrons. The van der Waals surface area contributed by atoms with E-state index >= 15 is 0 Å². The van der Waals surface area contributed by atoms with Crippen molar-refractivity contribution in [2.45, 2.75) is 51.5 Å². The molecule has 0 N–H and O–H groups in total. The van der Waals surface area contributed by atoms with Crippen molar-refractivity contribution >= 4 is 11.9 Å². The predicted molar refractivity (Wildman–Crippen MR) is 132 cm³/mol. The number of rotatable bonds is 8. The van der Waals surface area contributed by atoms with Gasteiger partial charge in [-0.05, 0) is 54.9 Å². The number of amides is 3. The van der Waals surface area contributed by atoms with Crippen molar-refractivity contribution in [2.24, 2.45) is 17.3 Å². The molecule has 2 heterocycles. The Morgan fingerprint density at radius 3 is 2.44 bits per heavy atom. The number of carbonyl (C=O) groups excluding carboxylic acids is 2. The van der Waals surface area contributed by atoms with Crippen LogP contribution in [0.3, 0.4) is 0 Å². The second-order valence-corrected chi connectivity index (χ2v) is 11.2. The number of fused-ring (bicyclic) bond motifs is 1. The fourth-order valence-electron chi connectivity index (χ4n) is 6.84. The zero-order valence-corrected chi connectivity index (χ0v) is 21.0. The fraction of sp³-hybridized carbons (Fsp3) is 0.643. The van der Waals surface area contributed by atoms with E-state index in [0.29, 0.717) is 50.3 Å². The number of allylic oxidation sites excluding steroid dienone is 1. The molecule has 2 aliphatic heterocycles. The first kappa shape index (κ1) is 23.6. The zero-order chi connectivity index (χ0) is 23.9. The average molecular weight is 466 g/mol. The van der Waals surface area contributed by atoms with Crippen LogP contribution in [0, 0.1) is 17.3 Å². The molecule has 1 saturated carbocycles. The molecular formula is C28H39N3O3. The summed E-state index contributed by atoms with van der Waals surface area (Å²) in [5.74, 6) is 1.55. The summed E-state index contributed by atoms with van der Waals surface area (Å²) in [6, 6.07) is 9.93. The number of nitrogens with zero attached hydrogens (tertiary/aromatic N) is 3. The highest BCUT2D eigenvalue weighted by atomic mass is 16.5. The maximum absolute atomic E-state index is 13.7. The molecule has 5 aliphatic rings. The number of urea groups is 1. The minimum Gasteiger partial charge on any atom is -0.383 e.